The van der Waals surface area contributed by atoms with Gasteiger partial charge >= 0.3 is 5.97 Å². The molecule has 0 rings (SSSR count). The van der Waals surface area contributed by atoms with E-state index in [1.54, 1.807) is 0 Å². The van der Waals surface area contributed by atoms with Gasteiger partial charge in [-0.1, -0.05) is 30.2 Å². The molecule has 0 saturated heterocycles. The number of hydrogen-bond acceptors (Lipinski definition) is 2. The highest BCUT2D eigenvalue weighted by atomic mass is 28.2. The Labute approximate surface area is 100.0 Å². The van der Waals surface area contributed by atoms with Gasteiger partial charge in [0.1, 0.15) is 9.52 Å². The summed E-state index contributed by atoms with van der Waals surface area (Å²) in [7, 11) is 1.23. The second-order valence-electron chi connectivity index (χ2n) is 2.84. The van der Waals surface area contributed by atoms with Crippen LogP contribution < -0.4 is 0 Å². The maximum Gasteiger partial charge on any atom is 0.306 e. The standard InChI is InChI=1S/C13H16O2Si/c1-15-13(14)11-9-7-5-3-4-6-8-10-12-16-2/h3,8-9,11,16H2,1-2H3. The van der Waals surface area contributed by atoms with E-state index in [4.69, 9.17) is 0 Å². The van der Waals surface area contributed by atoms with Crippen LogP contribution in [-0.4, -0.2) is 22.6 Å². The fourth-order valence-corrected chi connectivity index (χ4v) is 1.19. The molecule has 0 fully saturated rings. The first-order valence-corrected chi connectivity index (χ1v) is 7.37. The summed E-state index contributed by atoms with van der Waals surface area (Å²) in [6.07, 6.45) is 2.08. The molecule has 0 heterocycles. The molecule has 16 heavy (non-hydrogen) atoms. The maximum absolute atomic E-state index is 10.7. The lowest BCUT2D eigenvalue weighted by molar-refractivity contribution is -0.140. The predicted molar refractivity (Wildman–Crippen MR) is 68.2 cm³/mol. The van der Waals surface area contributed by atoms with Crippen LogP contribution >= 0.6 is 0 Å². The molecule has 0 unspecified atom stereocenters. The molecule has 0 aliphatic rings. The molecule has 2 nitrogen and oxygen atoms in total. The molecule has 0 amide bonds. The van der Waals surface area contributed by atoms with Gasteiger partial charge in [0, 0.05) is 6.42 Å². The van der Waals surface area contributed by atoms with E-state index in [9.17, 15) is 4.79 Å². The van der Waals surface area contributed by atoms with Crippen molar-refractivity contribution in [2.45, 2.75) is 32.2 Å². The van der Waals surface area contributed by atoms with E-state index >= 15 is 0 Å². The van der Waals surface area contributed by atoms with E-state index < -0.39 is 0 Å². The summed E-state index contributed by atoms with van der Waals surface area (Å²) in [6, 6.07) is 0. The van der Waals surface area contributed by atoms with Crippen LogP contribution in [0, 0.1) is 35.1 Å². The molecule has 84 valence electrons. The Morgan fingerprint density at radius 2 is 1.75 bits per heavy atom. The van der Waals surface area contributed by atoms with Crippen LogP contribution in [0.2, 0.25) is 6.55 Å². The molecule has 0 aromatic carbocycles. The first kappa shape index (κ1) is 14.4. The van der Waals surface area contributed by atoms with Crippen LogP contribution in [0.4, 0.5) is 0 Å². The maximum atomic E-state index is 10.7. The minimum absolute atomic E-state index is 0.148. The number of ether oxygens (including phenoxy) is 1. The average Bonchev–Trinajstić information content (AvgIpc) is 2.31. The van der Waals surface area contributed by atoms with E-state index in [-0.39, 0.29) is 15.5 Å². The van der Waals surface area contributed by atoms with E-state index in [2.05, 4.69) is 46.4 Å². The number of methoxy groups -OCH3 is 1. The third kappa shape index (κ3) is 10.4. The first-order chi connectivity index (χ1) is 7.81. The van der Waals surface area contributed by atoms with Crippen molar-refractivity contribution >= 4 is 15.5 Å². The zero-order valence-electron chi connectivity index (χ0n) is 9.85. The Hall–Kier alpha value is -1.63. The Balaban J connectivity index is 3.57. The average molecular weight is 232 g/mol. The van der Waals surface area contributed by atoms with Gasteiger partial charge in [-0.15, -0.1) is 11.5 Å². The number of hydrogen-bond donors (Lipinski definition) is 0. The molecule has 0 atom stereocenters. The molecule has 0 aliphatic carbocycles. The fraction of sp³-hybridized carbons (Fsp3) is 0.462. The van der Waals surface area contributed by atoms with Crippen molar-refractivity contribution in [1.29, 1.82) is 0 Å². The van der Waals surface area contributed by atoms with Crippen molar-refractivity contribution < 1.29 is 9.53 Å². The third-order valence-corrected chi connectivity index (χ3v) is 2.19. The highest BCUT2D eigenvalue weighted by molar-refractivity contribution is 6.44. The van der Waals surface area contributed by atoms with Crippen molar-refractivity contribution in [3.63, 3.8) is 0 Å². The summed E-state index contributed by atoms with van der Waals surface area (Å²) >= 11 is 0. The topological polar surface area (TPSA) is 26.3 Å². The van der Waals surface area contributed by atoms with Gasteiger partial charge in [-0.2, -0.15) is 0 Å². The summed E-state index contributed by atoms with van der Waals surface area (Å²) in [6.45, 7) is 2.15. The van der Waals surface area contributed by atoms with Crippen LogP contribution in [-0.2, 0) is 9.53 Å². The largest absolute Gasteiger partial charge is 0.469 e. The van der Waals surface area contributed by atoms with Crippen molar-refractivity contribution in [3.8, 4) is 35.1 Å². The Morgan fingerprint density at radius 1 is 1.12 bits per heavy atom. The van der Waals surface area contributed by atoms with E-state index in [1.165, 1.54) is 7.11 Å². The second-order valence-corrected chi connectivity index (χ2v) is 3.90. The molecule has 0 spiro atoms. The minimum atomic E-state index is -0.223. The fourth-order valence-electron chi connectivity index (χ4n) is 0.818. The predicted octanol–water partition coefficient (Wildman–Crippen LogP) is 0.904. The van der Waals surface area contributed by atoms with Gasteiger partial charge in [0.15, 0.2) is 0 Å². The van der Waals surface area contributed by atoms with Crippen LogP contribution in [0.5, 0.6) is 0 Å². The van der Waals surface area contributed by atoms with Crippen molar-refractivity contribution in [3.05, 3.63) is 0 Å². The smallest absolute Gasteiger partial charge is 0.306 e. The van der Waals surface area contributed by atoms with Gasteiger partial charge in [0.2, 0.25) is 0 Å². The number of rotatable bonds is 2. The van der Waals surface area contributed by atoms with E-state index in [0.29, 0.717) is 25.7 Å². The molecule has 0 N–H and O–H groups in total. The van der Waals surface area contributed by atoms with Crippen LogP contribution in [0.15, 0.2) is 0 Å². The quantitative estimate of drug-likeness (QED) is 0.402. The molecule has 0 aromatic rings. The third-order valence-electron chi connectivity index (χ3n) is 1.59. The van der Waals surface area contributed by atoms with Crippen LogP contribution in [0.3, 0.4) is 0 Å². The first-order valence-electron chi connectivity index (χ1n) is 5.25. The molecular weight excluding hydrogens is 216 g/mol. The molecule has 0 bridgehead atoms. The molecule has 0 saturated carbocycles. The molecular formula is C13H16O2Si. The van der Waals surface area contributed by atoms with Gasteiger partial charge in [-0.05, 0) is 0 Å². The van der Waals surface area contributed by atoms with Gasteiger partial charge in [-0.25, -0.2) is 0 Å². The van der Waals surface area contributed by atoms with Gasteiger partial charge in [-0.3, -0.25) is 4.79 Å². The molecule has 0 radical (unpaired) electrons. The number of carbonyl (C=O) groups excluding carboxylic acids is 1. The SMILES string of the molecule is COC(=O)CCC#CCC#CCC#C[SiH2]C. The summed E-state index contributed by atoms with van der Waals surface area (Å²) in [5.74, 6) is 14.4. The summed E-state index contributed by atoms with van der Waals surface area (Å²) in [4.78, 5) is 10.7. The molecule has 0 aromatic heterocycles. The normalized spacial score (nSPS) is 8.12. The lowest BCUT2D eigenvalue weighted by Gasteiger charge is -1.91. The van der Waals surface area contributed by atoms with Crippen molar-refractivity contribution in [2.75, 3.05) is 7.11 Å². The lowest BCUT2D eigenvalue weighted by atomic mass is 10.3. The van der Waals surface area contributed by atoms with Crippen molar-refractivity contribution in [1.82, 2.24) is 0 Å². The zero-order valence-corrected chi connectivity index (χ0v) is 11.3. The Bertz CT molecular complexity index is 379. The Kier molecular flexibility index (Phi) is 10.3. The van der Waals surface area contributed by atoms with E-state index in [1.807, 2.05) is 0 Å². The molecule has 3 heteroatoms. The van der Waals surface area contributed by atoms with Crippen molar-refractivity contribution in [2.24, 2.45) is 0 Å². The minimum Gasteiger partial charge on any atom is -0.469 e. The highest BCUT2D eigenvalue weighted by Gasteiger charge is 1.94. The summed E-state index contributed by atoms with van der Waals surface area (Å²) < 4.78 is 4.49. The highest BCUT2D eigenvalue weighted by Crippen LogP contribution is 1.89. The second kappa shape index (κ2) is 11.4. The van der Waals surface area contributed by atoms with Crippen LogP contribution in [0.1, 0.15) is 25.7 Å². The zero-order chi connectivity index (χ0) is 12.1. The lowest BCUT2D eigenvalue weighted by Crippen LogP contribution is -1.98. The van der Waals surface area contributed by atoms with Gasteiger partial charge in [0.25, 0.3) is 0 Å². The number of esters is 1. The van der Waals surface area contributed by atoms with Gasteiger partial charge in [0.05, 0.1) is 26.4 Å². The molecule has 0 aliphatic heterocycles. The summed E-state index contributed by atoms with van der Waals surface area (Å²) in [5.41, 5.74) is 3.08. The van der Waals surface area contributed by atoms with Gasteiger partial charge < -0.3 is 4.74 Å². The monoisotopic (exact) mass is 232 g/mol. The van der Waals surface area contributed by atoms with Crippen LogP contribution in [0.25, 0.3) is 0 Å². The Morgan fingerprint density at radius 3 is 2.38 bits per heavy atom. The number of carbonyl (C=O) groups is 1. The summed E-state index contributed by atoms with van der Waals surface area (Å²) in [5, 5.41) is 0. The van der Waals surface area contributed by atoms with E-state index in [0.717, 1.165) is 0 Å².